The molecule has 1 aliphatic carbocycles. The third-order valence-corrected chi connectivity index (χ3v) is 2.99. The molecule has 0 saturated heterocycles. The maximum atomic E-state index is 9.21. The first-order valence-corrected chi connectivity index (χ1v) is 5.38. The minimum absolute atomic E-state index is 0.0722. The van der Waals surface area contributed by atoms with Gasteiger partial charge in [0, 0.05) is 11.5 Å². The first-order valence-electron chi connectivity index (χ1n) is 5.00. The second kappa shape index (κ2) is 4.21. The molecular weight excluding hydrogens is 214 g/mol. The molecule has 1 aromatic heterocycles. The topological polar surface area (TPSA) is 61.8 Å². The molecule has 1 N–H and O–H groups in total. The SMILES string of the molecule is N#CCCn1nc(C2CC2)c(CO)c1Cl. The minimum Gasteiger partial charge on any atom is -0.391 e. The molecule has 1 saturated carbocycles. The number of aliphatic hydroxyl groups is 1. The van der Waals surface area contributed by atoms with E-state index in [1.54, 1.807) is 4.68 Å². The van der Waals surface area contributed by atoms with Crippen molar-refractivity contribution >= 4 is 11.6 Å². The minimum atomic E-state index is -0.0722. The van der Waals surface area contributed by atoms with Gasteiger partial charge in [0.05, 0.1) is 31.3 Å². The lowest BCUT2D eigenvalue weighted by Crippen LogP contribution is -1.99. The van der Waals surface area contributed by atoms with Crippen LogP contribution >= 0.6 is 11.6 Å². The summed E-state index contributed by atoms with van der Waals surface area (Å²) in [5.41, 5.74) is 1.65. The Labute approximate surface area is 93.1 Å². The maximum Gasteiger partial charge on any atom is 0.132 e. The van der Waals surface area contributed by atoms with Gasteiger partial charge in [-0.25, -0.2) is 0 Å². The quantitative estimate of drug-likeness (QED) is 0.850. The predicted octanol–water partition coefficient (Wildman–Crippen LogP) is 1.82. The Bertz CT molecular complexity index is 404. The van der Waals surface area contributed by atoms with Gasteiger partial charge in [-0.2, -0.15) is 10.4 Å². The molecule has 5 heteroatoms. The number of nitrogens with zero attached hydrogens (tertiary/aromatic N) is 3. The molecule has 0 atom stereocenters. The van der Waals surface area contributed by atoms with Crippen molar-refractivity contribution in [3.63, 3.8) is 0 Å². The molecule has 0 radical (unpaired) electrons. The van der Waals surface area contributed by atoms with E-state index in [1.165, 1.54) is 0 Å². The van der Waals surface area contributed by atoms with Gasteiger partial charge in [0.15, 0.2) is 0 Å². The first-order chi connectivity index (χ1) is 7.27. The van der Waals surface area contributed by atoms with Crippen molar-refractivity contribution in [3.8, 4) is 6.07 Å². The van der Waals surface area contributed by atoms with Gasteiger partial charge in [-0.1, -0.05) is 11.6 Å². The van der Waals surface area contributed by atoms with Crippen LogP contribution in [0.4, 0.5) is 0 Å². The van der Waals surface area contributed by atoms with Crippen molar-refractivity contribution in [2.24, 2.45) is 0 Å². The van der Waals surface area contributed by atoms with Crippen LogP contribution < -0.4 is 0 Å². The van der Waals surface area contributed by atoms with E-state index in [-0.39, 0.29) is 6.61 Å². The summed E-state index contributed by atoms with van der Waals surface area (Å²) in [7, 11) is 0. The Kier molecular flexibility index (Phi) is 2.94. The zero-order chi connectivity index (χ0) is 10.8. The number of nitriles is 1. The van der Waals surface area contributed by atoms with E-state index < -0.39 is 0 Å². The van der Waals surface area contributed by atoms with Gasteiger partial charge in [-0.05, 0) is 12.8 Å². The molecule has 0 spiro atoms. The third kappa shape index (κ3) is 1.99. The zero-order valence-electron chi connectivity index (χ0n) is 8.28. The number of hydrogen-bond donors (Lipinski definition) is 1. The fraction of sp³-hybridized carbons (Fsp3) is 0.600. The van der Waals surface area contributed by atoms with E-state index in [0.717, 1.165) is 24.1 Å². The fourth-order valence-electron chi connectivity index (χ4n) is 1.63. The molecular formula is C10H12ClN3O. The third-order valence-electron chi connectivity index (χ3n) is 2.57. The molecule has 2 rings (SSSR count). The summed E-state index contributed by atoms with van der Waals surface area (Å²) in [5, 5.41) is 22.5. The summed E-state index contributed by atoms with van der Waals surface area (Å²) in [6, 6.07) is 2.05. The second-order valence-electron chi connectivity index (χ2n) is 3.72. The Morgan fingerprint density at radius 1 is 1.60 bits per heavy atom. The molecule has 0 amide bonds. The summed E-state index contributed by atoms with van der Waals surface area (Å²) in [4.78, 5) is 0. The summed E-state index contributed by atoms with van der Waals surface area (Å²) >= 11 is 6.07. The highest BCUT2D eigenvalue weighted by Gasteiger charge is 2.30. The van der Waals surface area contributed by atoms with Gasteiger partial charge in [-0.3, -0.25) is 4.68 Å². The molecule has 4 nitrogen and oxygen atoms in total. The van der Waals surface area contributed by atoms with E-state index in [0.29, 0.717) is 24.0 Å². The molecule has 0 aromatic carbocycles. The number of aromatic nitrogens is 2. The van der Waals surface area contributed by atoms with Crippen LogP contribution in [0.25, 0.3) is 0 Å². The lowest BCUT2D eigenvalue weighted by Gasteiger charge is -1.98. The molecule has 1 aromatic rings. The summed E-state index contributed by atoms with van der Waals surface area (Å²) in [6.45, 7) is 0.423. The van der Waals surface area contributed by atoms with Crippen LogP contribution in [0.3, 0.4) is 0 Å². The Morgan fingerprint density at radius 3 is 2.87 bits per heavy atom. The molecule has 1 heterocycles. The van der Waals surface area contributed by atoms with Crippen LogP contribution in [0.2, 0.25) is 5.15 Å². The molecule has 0 unspecified atom stereocenters. The average molecular weight is 226 g/mol. The van der Waals surface area contributed by atoms with Crippen molar-refractivity contribution in [3.05, 3.63) is 16.4 Å². The Hall–Kier alpha value is -1.05. The molecule has 1 fully saturated rings. The second-order valence-corrected chi connectivity index (χ2v) is 4.08. The van der Waals surface area contributed by atoms with Crippen LogP contribution in [-0.4, -0.2) is 14.9 Å². The van der Waals surface area contributed by atoms with Crippen molar-refractivity contribution in [2.45, 2.75) is 38.3 Å². The van der Waals surface area contributed by atoms with Crippen molar-refractivity contribution in [1.82, 2.24) is 9.78 Å². The van der Waals surface area contributed by atoms with Crippen LogP contribution in [0.5, 0.6) is 0 Å². The number of aryl methyl sites for hydroxylation is 1. The van der Waals surface area contributed by atoms with Crippen LogP contribution in [0.15, 0.2) is 0 Å². The first kappa shape index (κ1) is 10.5. The fourth-order valence-corrected chi connectivity index (χ4v) is 1.91. The van der Waals surface area contributed by atoms with Crippen LogP contribution in [0, 0.1) is 11.3 Å². The monoisotopic (exact) mass is 225 g/mol. The van der Waals surface area contributed by atoms with Gasteiger partial charge in [-0.15, -0.1) is 0 Å². The van der Waals surface area contributed by atoms with E-state index in [4.69, 9.17) is 16.9 Å². The van der Waals surface area contributed by atoms with E-state index in [9.17, 15) is 5.11 Å². The highest BCUT2D eigenvalue weighted by Crippen LogP contribution is 2.42. The highest BCUT2D eigenvalue weighted by atomic mass is 35.5. The van der Waals surface area contributed by atoms with Gasteiger partial charge in [0.1, 0.15) is 5.15 Å². The maximum absolute atomic E-state index is 9.21. The van der Waals surface area contributed by atoms with Gasteiger partial charge in [0.25, 0.3) is 0 Å². The zero-order valence-corrected chi connectivity index (χ0v) is 9.04. The predicted molar refractivity (Wildman–Crippen MR) is 55.4 cm³/mol. The molecule has 0 aliphatic heterocycles. The normalized spacial score (nSPS) is 15.3. The Morgan fingerprint density at radius 2 is 2.33 bits per heavy atom. The lowest BCUT2D eigenvalue weighted by molar-refractivity contribution is 0.280. The standard InChI is InChI=1S/C10H12ClN3O/c11-10-8(6-15)9(7-2-3-7)13-14(10)5-1-4-12/h7,15H,1-3,5-6H2. The smallest absolute Gasteiger partial charge is 0.132 e. The number of halogens is 1. The van der Waals surface area contributed by atoms with Gasteiger partial charge in [0.2, 0.25) is 0 Å². The summed E-state index contributed by atoms with van der Waals surface area (Å²) < 4.78 is 1.62. The Balaban J connectivity index is 2.27. The molecule has 15 heavy (non-hydrogen) atoms. The molecule has 1 aliphatic rings. The summed E-state index contributed by atoms with van der Waals surface area (Å²) in [5.74, 6) is 0.466. The van der Waals surface area contributed by atoms with Crippen molar-refractivity contribution in [2.75, 3.05) is 0 Å². The van der Waals surface area contributed by atoms with E-state index >= 15 is 0 Å². The molecule has 0 bridgehead atoms. The lowest BCUT2D eigenvalue weighted by atomic mass is 10.2. The van der Waals surface area contributed by atoms with Gasteiger partial charge < -0.3 is 5.11 Å². The average Bonchev–Trinajstić information content (AvgIpc) is 3.02. The van der Waals surface area contributed by atoms with Crippen LogP contribution in [-0.2, 0) is 13.2 Å². The number of hydrogen-bond acceptors (Lipinski definition) is 3. The van der Waals surface area contributed by atoms with Crippen LogP contribution in [0.1, 0.15) is 36.4 Å². The summed E-state index contributed by atoms with van der Waals surface area (Å²) in [6.07, 6.45) is 2.63. The number of aliphatic hydroxyl groups excluding tert-OH is 1. The largest absolute Gasteiger partial charge is 0.391 e. The van der Waals surface area contributed by atoms with Gasteiger partial charge >= 0.3 is 0 Å². The van der Waals surface area contributed by atoms with Crippen molar-refractivity contribution < 1.29 is 5.11 Å². The highest BCUT2D eigenvalue weighted by molar-refractivity contribution is 6.30. The number of rotatable bonds is 4. The van der Waals surface area contributed by atoms with E-state index in [2.05, 4.69) is 11.2 Å². The molecule has 80 valence electrons. The van der Waals surface area contributed by atoms with Crippen molar-refractivity contribution in [1.29, 1.82) is 5.26 Å². The van der Waals surface area contributed by atoms with E-state index in [1.807, 2.05) is 0 Å².